The highest BCUT2D eigenvalue weighted by molar-refractivity contribution is 7.14. The zero-order chi connectivity index (χ0) is 17.1. The largest absolute Gasteiger partial charge is 0.476 e. The van der Waals surface area contributed by atoms with Crippen LogP contribution < -0.4 is 5.32 Å². The second-order valence-electron chi connectivity index (χ2n) is 4.05. The number of aromatic carboxylic acids is 1. The van der Waals surface area contributed by atoms with Crippen LogP contribution in [-0.4, -0.2) is 31.8 Å². The number of thiazole rings is 1. The molecule has 0 aliphatic carbocycles. The van der Waals surface area contributed by atoms with Crippen molar-refractivity contribution < 1.29 is 24.5 Å². The second-order valence-corrected chi connectivity index (χ2v) is 4.91. The van der Waals surface area contributed by atoms with Crippen molar-refractivity contribution in [2.75, 3.05) is 5.32 Å². The summed E-state index contributed by atoms with van der Waals surface area (Å²) in [4.78, 5) is 46.1. The van der Waals surface area contributed by atoms with Crippen LogP contribution in [0.2, 0.25) is 0 Å². The maximum atomic E-state index is 12.0. The Morgan fingerprint density at radius 1 is 1.13 bits per heavy atom. The minimum Gasteiger partial charge on any atom is -0.476 e. The van der Waals surface area contributed by atoms with Crippen LogP contribution in [0.1, 0.15) is 20.8 Å². The van der Waals surface area contributed by atoms with Gasteiger partial charge in [-0.15, -0.1) is 11.3 Å². The third kappa shape index (κ3) is 3.62. The van der Waals surface area contributed by atoms with Gasteiger partial charge in [0.2, 0.25) is 0 Å². The lowest BCUT2D eigenvalue weighted by molar-refractivity contribution is -0.394. The van der Waals surface area contributed by atoms with Crippen molar-refractivity contribution in [3.8, 4) is 0 Å². The number of carboxylic acids is 1. The van der Waals surface area contributed by atoms with Gasteiger partial charge in [0.05, 0.1) is 21.5 Å². The van der Waals surface area contributed by atoms with Gasteiger partial charge in [0.15, 0.2) is 10.8 Å². The molecule has 1 aromatic heterocycles. The maximum Gasteiger partial charge on any atom is 0.355 e. The molecule has 0 fully saturated rings. The van der Waals surface area contributed by atoms with Crippen LogP contribution in [0.3, 0.4) is 0 Å². The molecule has 1 heterocycles. The molecule has 11 nitrogen and oxygen atoms in total. The lowest BCUT2D eigenvalue weighted by atomic mass is 10.1. The minimum atomic E-state index is -1.28. The first-order chi connectivity index (χ1) is 10.8. The molecule has 1 amide bonds. The van der Waals surface area contributed by atoms with Crippen LogP contribution in [0.15, 0.2) is 23.6 Å². The Bertz CT molecular complexity index is 799. The van der Waals surface area contributed by atoms with Crippen LogP contribution >= 0.6 is 11.3 Å². The molecule has 0 bridgehead atoms. The first kappa shape index (κ1) is 16.0. The van der Waals surface area contributed by atoms with Crippen molar-refractivity contribution in [2.45, 2.75) is 0 Å². The Kier molecular flexibility index (Phi) is 4.27. The van der Waals surface area contributed by atoms with Crippen molar-refractivity contribution >= 4 is 39.7 Å². The number of nitro benzene ring substituents is 2. The monoisotopic (exact) mass is 338 g/mol. The number of anilines is 1. The van der Waals surface area contributed by atoms with Crippen LogP contribution in [0, 0.1) is 20.2 Å². The number of rotatable bonds is 5. The van der Waals surface area contributed by atoms with Crippen molar-refractivity contribution in [2.24, 2.45) is 0 Å². The van der Waals surface area contributed by atoms with E-state index < -0.39 is 33.1 Å². The number of nitrogens with one attached hydrogen (secondary N) is 1. The van der Waals surface area contributed by atoms with E-state index in [1.165, 1.54) is 5.38 Å². The van der Waals surface area contributed by atoms with Crippen molar-refractivity contribution in [3.63, 3.8) is 0 Å². The summed E-state index contributed by atoms with van der Waals surface area (Å²) in [6.45, 7) is 0. The summed E-state index contributed by atoms with van der Waals surface area (Å²) in [5.41, 5.74) is -1.84. The lowest BCUT2D eigenvalue weighted by Crippen LogP contribution is -2.13. The number of nitro groups is 2. The van der Waals surface area contributed by atoms with E-state index in [-0.39, 0.29) is 16.4 Å². The molecule has 0 saturated heterocycles. The Morgan fingerprint density at radius 2 is 1.70 bits per heavy atom. The fourth-order valence-corrected chi connectivity index (χ4v) is 2.22. The number of amides is 1. The summed E-state index contributed by atoms with van der Waals surface area (Å²) < 4.78 is 0. The molecule has 118 valence electrons. The van der Waals surface area contributed by atoms with Crippen molar-refractivity contribution in [3.05, 3.63) is 55.1 Å². The first-order valence-electron chi connectivity index (χ1n) is 5.72. The van der Waals surface area contributed by atoms with E-state index >= 15 is 0 Å². The van der Waals surface area contributed by atoms with Gasteiger partial charge in [-0.1, -0.05) is 0 Å². The number of carboxylic acid groups (broad SMARTS) is 1. The molecule has 0 saturated carbocycles. The molecular formula is C11H6N4O7S. The van der Waals surface area contributed by atoms with E-state index in [2.05, 4.69) is 10.3 Å². The fraction of sp³-hybridized carbons (Fsp3) is 0. The van der Waals surface area contributed by atoms with Crippen molar-refractivity contribution in [1.29, 1.82) is 0 Å². The Balaban J connectivity index is 2.32. The van der Waals surface area contributed by atoms with Crippen LogP contribution in [0.25, 0.3) is 0 Å². The average Bonchev–Trinajstić information content (AvgIpc) is 2.95. The summed E-state index contributed by atoms with van der Waals surface area (Å²) in [6, 6.07) is 2.46. The predicted molar refractivity (Wildman–Crippen MR) is 76.8 cm³/mol. The second kappa shape index (κ2) is 6.15. The van der Waals surface area contributed by atoms with Gasteiger partial charge in [-0.2, -0.15) is 0 Å². The summed E-state index contributed by atoms with van der Waals surface area (Å²) in [5.74, 6) is -2.17. The number of carbonyl (C=O) groups is 2. The Hall–Kier alpha value is -3.41. The standard InChI is InChI=1S/C11H6N4O7S/c16-9(13-11-12-8(4-23-11)10(17)18)5-1-6(14(19)20)3-7(2-5)15(21)22/h1-4H,(H,17,18)(H,12,13,16). The molecular weight excluding hydrogens is 332 g/mol. The highest BCUT2D eigenvalue weighted by atomic mass is 32.1. The highest BCUT2D eigenvalue weighted by Gasteiger charge is 2.20. The first-order valence-corrected chi connectivity index (χ1v) is 6.60. The molecule has 0 spiro atoms. The zero-order valence-electron chi connectivity index (χ0n) is 11.0. The summed E-state index contributed by atoms with van der Waals surface area (Å²) in [7, 11) is 0. The lowest BCUT2D eigenvalue weighted by Gasteiger charge is -2.02. The van der Waals surface area contributed by atoms with Gasteiger partial charge >= 0.3 is 5.97 Å². The minimum absolute atomic E-state index is 0.0541. The third-order valence-electron chi connectivity index (χ3n) is 2.53. The average molecular weight is 338 g/mol. The summed E-state index contributed by atoms with van der Waals surface area (Å²) in [6.07, 6.45) is 0. The normalized spacial score (nSPS) is 10.1. The topological polar surface area (TPSA) is 166 Å². The number of aromatic nitrogens is 1. The molecule has 0 atom stereocenters. The molecule has 2 aromatic rings. The van der Waals surface area contributed by atoms with Gasteiger partial charge in [-0.3, -0.25) is 30.3 Å². The smallest absolute Gasteiger partial charge is 0.355 e. The zero-order valence-corrected chi connectivity index (χ0v) is 11.8. The number of hydrogen-bond donors (Lipinski definition) is 2. The van der Waals surface area contributed by atoms with E-state index in [0.717, 1.165) is 29.5 Å². The molecule has 0 unspecified atom stereocenters. The third-order valence-corrected chi connectivity index (χ3v) is 3.29. The molecule has 1 aromatic carbocycles. The van der Waals surface area contributed by atoms with Crippen LogP contribution in [0.5, 0.6) is 0 Å². The SMILES string of the molecule is O=C(Nc1nc(C(=O)O)cs1)c1cc([N+](=O)[O-])cc([N+](=O)[O-])c1. The molecule has 12 heteroatoms. The van der Waals surface area contributed by atoms with E-state index in [9.17, 15) is 29.8 Å². The van der Waals surface area contributed by atoms with Gasteiger partial charge in [0.25, 0.3) is 17.3 Å². The molecule has 0 radical (unpaired) electrons. The Morgan fingerprint density at radius 3 is 2.13 bits per heavy atom. The fourth-order valence-electron chi connectivity index (χ4n) is 1.54. The predicted octanol–water partition coefficient (Wildman–Crippen LogP) is 1.91. The quantitative estimate of drug-likeness (QED) is 0.616. The molecule has 23 heavy (non-hydrogen) atoms. The number of hydrogen-bond acceptors (Lipinski definition) is 8. The van der Waals surface area contributed by atoms with Crippen LogP contribution in [0.4, 0.5) is 16.5 Å². The maximum absolute atomic E-state index is 12.0. The number of benzene rings is 1. The summed E-state index contributed by atoms with van der Waals surface area (Å²) >= 11 is 0.830. The number of non-ortho nitro benzene ring substituents is 2. The highest BCUT2D eigenvalue weighted by Crippen LogP contribution is 2.24. The molecule has 0 aliphatic heterocycles. The van der Waals surface area contributed by atoms with Crippen molar-refractivity contribution in [1.82, 2.24) is 4.98 Å². The molecule has 2 N–H and O–H groups in total. The van der Waals surface area contributed by atoms with Gasteiger partial charge in [-0.25, -0.2) is 9.78 Å². The van der Waals surface area contributed by atoms with E-state index in [4.69, 9.17) is 5.11 Å². The van der Waals surface area contributed by atoms with E-state index in [1.54, 1.807) is 0 Å². The van der Waals surface area contributed by atoms with E-state index in [0.29, 0.717) is 0 Å². The number of carbonyl (C=O) groups excluding carboxylic acids is 1. The van der Waals surface area contributed by atoms with Gasteiger partial charge in [-0.05, 0) is 0 Å². The molecule has 0 aliphatic rings. The molecule has 2 rings (SSSR count). The van der Waals surface area contributed by atoms with Gasteiger partial charge < -0.3 is 5.11 Å². The van der Waals surface area contributed by atoms with Gasteiger partial charge in [0, 0.05) is 17.5 Å². The van der Waals surface area contributed by atoms with E-state index in [1.807, 2.05) is 0 Å². The Labute approximate surface area is 130 Å². The summed E-state index contributed by atoms with van der Waals surface area (Å²) in [5, 5.41) is 33.6. The van der Waals surface area contributed by atoms with Crippen LogP contribution in [-0.2, 0) is 0 Å². The number of nitrogens with zero attached hydrogens (tertiary/aromatic N) is 3. The van der Waals surface area contributed by atoms with Gasteiger partial charge in [0.1, 0.15) is 0 Å².